The highest BCUT2D eigenvalue weighted by Crippen LogP contribution is 2.28. The lowest BCUT2D eigenvalue weighted by atomic mass is 10.0. The molecule has 1 amide bonds. The molecule has 2 aromatic carbocycles. The number of amides is 1. The van der Waals surface area contributed by atoms with Crippen molar-refractivity contribution in [1.82, 2.24) is 5.32 Å². The Morgan fingerprint density at radius 1 is 1.09 bits per heavy atom. The summed E-state index contributed by atoms with van der Waals surface area (Å²) in [4.78, 5) is 11.0. The van der Waals surface area contributed by atoms with Crippen LogP contribution in [0.2, 0.25) is 0 Å². The summed E-state index contributed by atoms with van der Waals surface area (Å²) in [7, 11) is 0. The lowest BCUT2D eigenvalue weighted by Gasteiger charge is -2.14. The van der Waals surface area contributed by atoms with Crippen molar-refractivity contribution in [3.63, 3.8) is 0 Å². The van der Waals surface area contributed by atoms with Crippen LogP contribution in [0.25, 0.3) is 10.8 Å². The molecule has 0 spiro atoms. The van der Waals surface area contributed by atoms with Crippen LogP contribution in [0.4, 0.5) is 0 Å². The zero-order chi connectivity index (χ0) is 16.1. The third-order valence-corrected chi connectivity index (χ3v) is 3.55. The van der Waals surface area contributed by atoms with Crippen molar-refractivity contribution in [1.29, 1.82) is 0 Å². The fraction of sp³-hybridized carbons (Fsp3) is 0.167. The van der Waals surface area contributed by atoms with E-state index < -0.39 is 5.91 Å². The summed E-state index contributed by atoms with van der Waals surface area (Å²) in [6, 6.07) is 15.7. The van der Waals surface area contributed by atoms with Gasteiger partial charge in [-0.25, -0.2) is 0 Å². The molecule has 0 aliphatic rings. The van der Waals surface area contributed by atoms with E-state index in [1.54, 1.807) is 6.26 Å². The zero-order valence-electron chi connectivity index (χ0n) is 12.6. The molecule has 0 saturated heterocycles. The van der Waals surface area contributed by atoms with E-state index in [-0.39, 0.29) is 6.61 Å². The molecular weight excluding hydrogens is 292 g/mol. The Kier molecular flexibility index (Phi) is 4.59. The highest BCUT2D eigenvalue weighted by atomic mass is 16.5. The van der Waals surface area contributed by atoms with Crippen LogP contribution < -0.4 is 15.8 Å². The molecule has 3 aromatic rings. The van der Waals surface area contributed by atoms with Gasteiger partial charge >= 0.3 is 0 Å². The van der Waals surface area contributed by atoms with E-state index in [9.17, 15) is 4.79 Å². The predicted molar refractivity (Wildman–Crippen MR) is 87.9 cm³/mol. The average Bonchev–Trinajstić information content (AvgIpc) is 3.07. The smallest absolute Gasteiger partial charge is 0.255 e. The van der Waals surface area contributed by atoms with Crippen LogP contribution in [-0.2, 0) is 17.9 Å². The van der Waals surface area contributed by atoms with Gasteiger partial charge < -0.3 is 20.2 Å². The quantitative estimate of drug-likeness (QED) is 0.703. The molecule has 0 bridgehead atoms. The minimum atomic E-state index is -0.493. The number of fused-ring (bicyclic) bond motifs is 1. The molecule has 1 aromatic heterocycles. The third-order valence-electron chi connectivity index (χ3n) is 3.55. The molecule has 23 heavy (non-hydrogen) atoms. The van der Waals surface area contributed by atoms with Crippen molar-refractivity contribution in [2.45, 2.75) is 13.1 Å². The maximum absolute atomic E-state index is 11.0. The zero-order valence-corrected chi connectivity index (χ0v) is 12.6. The molecule has 5 nitrogen and oxygen atoms in total. The molecule has 1 heterocycles. The van der Waals surface area contributed by atoms with Gasteiger partial charge in [0.1, 0.15) is 11.5 Å². The number of hydrogen-bond acceptors (Lipinski definition) is 4. The monoisotopic (exact) mass is 310 g/mol. The second-order valence-corrected chi connectivity index (χ2v) is 5.20. The summed E-state index contributed by atoms with van der Waals surface area (Å²) in [5.41, 5.74) is 6.17. The minimum Gasteiger partial charge on any atom is -0.483 e. The minimum absolute atomic E-state index is 0.135. The van der Waals surface area contributed by atoms with Gasteiger partial charge in [-0.05, 0) is 29.0 Å². The number of primary amides is 1. The molecule has 0 atom stereocenters. The molecule has 3 rings (SSSR count). The molecule has 0 saturated carbocycles. The fourth-order valence-corrected chi connectivity index (χ4v) is 2.51. The topological polar surface area (TPSA) is 77.5 Å². The normalized spacial score (nSPS) is 10.8. The Morgan fingerprint density at radius 3 is 2.74 bits per heavy atom. The summed E-state index contributed by atoms with van der Waals surface area (Å²) < 4.78 is 10.9. The van der Waals surface area contributed by atoms with Crippen molar-refractivity contribution in [2.75, 3.05) is 6.61 Å². The number of nitrogens with one attached hydrogen (secondary N) is 1. The van der Waals surface area contributed by atoms with Gasteiger partial charge in [-0.1, -0.05) is 30.3 Å². The molecule has 0 radical (unpaired) electrons. The number of nitrogens with two attached hydrogens (primary N) is 1. The van der Waals surface area contributed by atoms with Gasteiger partial charge in [0.15, 0.2) is 6.61 Å². The van der Waals surface area contributed by atoms with Crippen LogP contribution in [0.15, 0.2) is 59.2 Å². The Labute approximate surface area is 134 Å². The SMILES string of the molecule is NC(=O)COc1ccc2ccccc2c1CNCc1ccco1. The number of ether oxygens (including phenoxy) is 1. The number of hydrogen-bond donors (Lipinski definition) is 2. The van der Waals surface area contributed by atoms with Crippen LogP contribution in [0.1, 0.15) is 11.3 Å². The molecule has 118 valence electrons. The Balaban J connectivity index is 1.84. The molecule has 5 heteroatoms. The number of rotatable bonds is 7. The van der Waals surface area contributed by atoms with Gasteiger partial charge in [0, 0.05) is 12.1 Å². The first kappa shape index (κ1) is 15.1. The standard InChI is InChI=1S/C18H18N2O3/c19-18(21)12-23-17-8-7-13-4-1-2-6-15(13)16(17)11-20-10-14-5-3-9-22-14/h1-9,20H,10-12H2,(H2,19,21). The molecule has 0 fully saturated rings. The van der Waals surface area contributed by atoms with E-state index in [0.29, 0.717) is 18.8 Å². The summed E-state index contributed by atoms with van der Waals surface area (Å²) in [6.45, 7) is 1.07. The van der Waals surface area contributed by atoms with Gasteiger partial charge in [0.2, 0.25) is 0 Å². The lowest BCUT2D eigenvalue weighted by molar-refractivity contribution is -0.119. The molecule has 0 unspecified atom stereocenters. The first-order chi connectivity index (χ1) is 11.2. The first-order valence-electron chi connectivity index (χ1n) is 7.39. The van der Waals surface area contributed by atoms with E-state index in [2.05, 4.69) is 5.32 Å². The van der Waals surface area contributed by atoms with E-state index in [4.69, 9.17) is 14.9 Å². The summed E-state index contributed by atoms with van der Waals surface area (Å²) in [6.07, 6.45) is 1.65. The first-order valence-corrected chi connectivity index (χ1v) is 7.39. The summed E-state index contributed by atoms with van der Waals surface area (Å²) >= 11 is 0. The van der Waals surface area contributed by atoms with E-state index in [1.807, 2.05) is 48.5 Å². The van der Waals surface area contributed by atoms with Crippen LogP contribution in [0.5, 0.6) is 5.75 Å². The van der Waals surface area contributed by atoms with Gasteiger partial charge in [0.25, 0.3) is 5.91 Å². The highest BCUT2D eigenvalue weighted by Gasteiger charge is 2.10. The van der Waals surface area contributed by atoms with Gasteiger partial charge in [-0.3, -0.25) is 4.79 Å². The number of furan rings is 1. The van der Waals surface area contributed by atoms with E-state index in [0.717, 1.165) is 22.1 Å². The Bertz CT molecular complexity index is 797. The summed E-state index contributed by atoms with van der Waals surface area (Å²) in [5.74, 6) is 1.03. The van der Waals surface area contributed by atoms with Crippen molar-refractivity contribution in [3.8, 4) is 5.75 Å². The molecule has 0 aliphatic carbocycles. The van der Waals surface area contributed by atoms with Crippen molar-refractivity contribution in [2.24, 2.45) is 5.73 Å². The Hall–Kier alpha value is -2.79. The van der Waals surface area contributed by atoms with Gasteiger partial charge in [-0.2, -0.15) is 0 Å². The summed E-state index contributed by atoms with van der Waals surface area (Å²) in [5, 5.41) is 5.54. The lowest BCUT2D eigenvalue weighted by Crippen LogP contribution is -2.21. The highest BCUT2D eigenvalue weighted by molar-refractivity contribution is 5.88. The molecule has 3 N–H and O–H groups in total. The van der Waals surface area contributed by atoms with Crippen molar-refractivity contribution in [3.05, 3.63) is 66.1 Å². The van der Waals surface area contributed by atoms with Crippen LogP contribution in [-0.4, -0.2) is 12.5 Å². The van der Waals surface area contributed by atoms with E-state index in [1.165, 1.54) is 0 Å². The van der Waals surface area contributed by atoms with Gasteiger partial charge in [-0.15, -0.1) is 0 Å². The van der Waals surface area contributed by atoms with Crippen LogP contribution >= 0.6 is 0 Å². The second-order valence-electron chi connectivity index (χ2n) is 5.20. The maximum atomic E-state index is 11.0. The fourth-order valence-electron chi connectivity index (χ4n) is 2.51. The van der Waals surface area contributed by atoms with Crippen molar-refractivity contribution < 1.29 is 13.9 Å². The molecular formula is C18H18N2O3. The largest absolute Gasteiger partial charge is 0.483 e. The third kappa shape index (κ3) is 3.70. The van der Waals surface area contributed by atoms with Crippen molar-refractivity contribution >= 4 is 16.7 Å². The second kappa shape index (κ2) is 6.98. The number of benzene rings is 2. The number of carbonyl (C=O) groups excluding carboxylic acids is 1. The Morgan fingerprint density at radius 2 is 1.96 bits per heavy atom. The maximum Gasteiger partial charge on any atom is 0.255 e. The number of carbonyl (C=O) groups is 1. The van der Waals surface area contributed by atoms with E-state index >= 15 is 0 Å². The average molecular weight is 310 g/mol. The molecule has 0 aliphatic heterocycles. The van der Waals surface area contributed by atoms with Gasteiger partial charge in [0.05, 0.1) is 12.8 Å². The van der Waals surface area contributed by atoms with Crippen LogP contribution in [0, 0.1) is 0 Å². The van der Waals surface area contributed by atoms with Crippen LogP contribution in [0.3, 0.4) is 0 Å². The predicted octanol–water partition coefficient (Wildman–Crippen LogP) is 2.59.